The maximum Gasteiger partial charge on any atom is 0.211 e. The predicted octanol–water partition coefficient (Wildman–Crippen LogP) is 0.499. The molecule has 0 amide bonds. The van der Waals surface area contributed by atoms with E-state index in [4.69, 9.17) is 4.74 Å². The molecule has 2 rings (SSSR count). The van der Waals surface area contributed by atoms with Crippen molar-refractivity contribution in [3.05, 3.63) is 30.4 Å². The third-order valence-corrected chi connectivity index (χ3v) is 1.34. The predicted molar refractivity (Wildman–Crippen MR) is 34.7 cm³/mol. The molecule has 0 spiro atoms. The van der Waals surface area contributed by atoms with Crippen LogP contribution in [0.15, 0.2) is 24.7 Å². The van der Waals surface area contributed by atoms with Crippen molar-refractivity contribution in [1.82, 2.24) is 15.5 Å². The third kappa shape index (κ3) is 0.737. The van der Waals surface area contributed by atoms with Crippen molar-refractivity contribution < 1.29 is 4.74 Å². The molecule has 1 aliphatic rings. The lowest BCUT2D eigenvalue weighted by Gasteiger charge is -2.06. The molecule has 52 valence electrons. The van der Waals surface area contributed by atoms with Gasteiger partial charge in [-0.1, -0.05) is 0 Å². The van der Waals surface area contributed by atoms with Gasteiger partial charge in [0, 0.05) is 12.4 Å². The van der Waals surface area contributed by atoms with Crippen LogP contribution < -0.4 is 5.32 Å². The Hall–Kier alpha value is -1.45. The number of aromatic nitrogens is 2. The van der Waals surface area contributed by atoms with Crippen molar-refractivity contribution in [2.24, 2.45) is 0 Å². The van der Waals surface area contributed by atoms with Crippen LogP contribution in [0.1, 0.15) is 11.9 Å². The van der Waals surface area contributed by atoms with Crippen molar-refractivity contribution in [2.45, 2.75) is 6.23 Å². The quantitative estimate of drug-likeness (QED) is 0.592. The van der Waals surface area contributed by atoms with Gasteiger partial charge in [-0.05, 0) is 6.07 Å². The van der Waals surface area contributed by atoms with Gasteiger partial charge in [0.25, 0.3) is 0 Å². The average Bonchev–Trinajstić information content (AvgIpc) is 2.59. The molecular formula is C6H7N3O. The summed E-state index contributed by atoms with van der Waals surface area (Å²) in [4.78, 5) is 0. The van der Waals surface area contributed by atoms with Crippen LogP contribution in [0.2, 0.25) is 0 Å². The van der Waals surface area contributed by atoms with Crippen LogP contribution in [0.25, 0.3) is 0 Å². The zero-order chi connectivity index (χ0) is 6.81. The van der Waals surface area contributed by atoms with Gasteiger partial charge in [-0.15, -0.1) is 0 Å². The van der Waals surface area contributed by atoms with E-state index < -0.39 is 0 Å². The Morgan fingerprint density at radius 3 is 3.20 bits per heavy atom. The van der Waals surface area contributed by atoms with Crippen LogP contribution in [0.3, 0.4) is 0 Å². The summed E-state index contributed by atoms with van der Waals surface area (Å²) in [5.41, 5.74) is 0.935. The number of rotatable bonds is 1. The largest absolute Gasteiger partial charge is 0.471 e. The molecule has 2 N–H and O–H groups in total. The van der Waals surface area contributed by atoms with E-state index in [0.717, 1.165) is 5.69 Å². The summed E-state index contributed by atoms with van der Waals surface area (Å²) in [7, 11) is 0. The molecule has 4 nitrogen and oxygen atoms in total. The Morgan fingerprint density at radius 2 is 2.60 bits per heavy atom. The Balaban J connectivity index is 2.14. The number of nitrogens with one attached hydrogen (secondary N) is 2. The lowest BCUT2D eigenvalue weighted by Crippen LogP contribution is -2.11. The second-order valence-electron chi connectivity index (χ2n) is 2.00. The summed E-state index contributed by atoms with van der Waals surface area (Å²) in [6.45, 7) is 0. The number of H-pyrrole nitrogens is 1. The molecule has 0 bridgehead atoms. The van der Waals surface area contributed by atoms with E-state index in [9.17, 15) is 0 Å². The summed E-state index contributed by atoms with van der Waals surface area (Å²) in [6, 6.07) is 1.87. The summed E-state index contributed by atoms with van der Waals surface area (Å²) < 4.78 is 5.13. The van der Waals surface area contributed by atoms with Crippen molar-refractivity contribution in [3.8, 4) is 0 Å². The Labute approximate surface area is 57.9 Å². The molecule has 1 atom stereocenters. The van der Waals surface area contributed by atoms with Gasteiger partial charge in [0.1, 0.15) is 6.26 Å². The van der Waals surface area contributed by atoms with Crippen molar-refractivity contribution in [3.63, 3.8) is 0 Å². The average molecular weight is 137 g/mol. The van der Waals surface area contributed by atoms with Gasteiger partial charge in [-0.2, -0.15) is 5.10 Å². The highest BCUT2D eigenvalue weighted by atomic mass is 16.5. The van der Waals surface area contributed by atoms with Crippen molar-refractivity contribution >= 4 is 0 Å². The van der Waals surface area contributed by atoms with E-state index in [0.29, 0.717) is 0 Å². The number of ether oxygens (including phenoxy) is 1. The SMILES string of the molecule is C1=COC(c2ccn[nH]2)N1. The molecule has 1 aromatic heterocycles. The van der Waals surface area contributed by atoms with E-state index in [1.165, 1.54) is 0 Å². The molecule has 1 aromatic rings. The van der Waals surface area contributed by atoms with Gasteiger partial charge >= 0.3 is 0 Å². The minimum absolute atomic E-state index is 0.0810. The van der Waals surface area contributed by atoms with Gasteiger partial charge in [0.05, 0.1) is 5.69 Å². The number of aromatic amines is 1. The molecule has 0 radical (unpaired) electrons. The van der Waals surface area contributed by atoms with E-state index in [-0.39, 0.29) is 6.23 Å². The minimum Gasteiger partial charge on any atom is -0.471 e. The zero-order valence-corrected chi connectivity index (χ0v) is 5.24. The molecule has 0 aliphatic carbocycles. The molecule has 0 saturated carbocycles. The Morgan fingerprint density at radius 1 is 1.60 bits per heavy atom. The lowest BCUT2D eigenvalue weighted by atomic mass is 10.4. The van der Waals surface area contributed by atoms with Crippen LogP contribution in [-0.2, 0) is 4.74 Å². The fourth-order valence-electron chi connectivity index (χ4n) is 0.860. The molecule has 0 saturated heterocycles. The van der Waals surface area contributed by atoms with E-state index in [2.05, 4.69) is 15.5 Å². The van der Waals surface area contributed by atoms with Gasteiger partial charge in [-0.25, -0.2) is 0 Å². The van der Waals surface area contributed by atoms with E-state index in [1.54, 1.807) is 18.7 Å². The molecule has 2 heterocycles. The molecule has 0 fully saturated rings. The molecule has 4 heteroatoms. The highest BCUT2D eigenvalue weighted by Crippen LogP contribution is 2.14. The Bertz CT molecular complexity index is 221. The van der Waals surface area contributed by atoms with Crippen LogP contribution >= 0.6 is 0 Å². The maximum atomic E-state index is 5.13. The maximum absolute atomic E-state index is 5.13. The summed E-state index contributed by atoms with van der Waals surface area (Å²) in [6.07, 6.45) is 4.98. The lowest BCUT2D eigenvalue weighted by molar-refractivity contribution is 0.150. The smallest absolute Gasteiger partial charge is 0.211 e. The molecular weight excluding hydrogens is 130 g/mol. The first kappa shape index (κ1) is 5.34. The van der Waals surface area contributed by atoms with E-state index >= 15 is 0 Å². The molecule has 1 aliphatic heterocycles. The second-order valence-corrected chi connectivity index (χ2v) is 2.00. The highest BCUT2D eigenvalue weighted by molar-refractivity contribution is 5.04. The standard InChI is InChI=1S/C6H7N3O/c1-2-8-9-5(1)6-7-3-4-10-6/h1-4,6-7H,(H,8,9). The molecule has 0 aromatic carbocycles. The Kier molecular flexibility index (Phi) is 1.10. The number of hydrogen-bond donors (Lipinski definition) is 2. The van der Waals surface area contributed by atoms with E-state index in [1.807, 2.05) is 6.07 Å². The first-order valence-electron chi connectivity index (χ1n) is 3.02. The van der Waals surface area contributed by atoms with Gasteiger partial charge in [0.2, 0.25) is 6.23 Å². The number of nitrogens with zero attached hydrogens (tertiary/aromatic N) is 1. The molecule has 1 unspecified atom stereocenters. The highest BCUT2D eigenvalue weighted by Gasteiger charge is 2.12. The zero-order valence-electron chi connectivity index (χ0n) is 5.24. The van der Waals surface area contributed by atoms with Crippen molar-refractivity contribution in [1.29, 1.82) is 0 Å². The summed E-state index contributed by atoms with van der Waals surface area (Å²) >= 11 is 0. The first-order valence-corrected chi connectivity index (χ1v) is 3.02. The normalized spacial score (nSPS) is 22.2. The first-order chi connectivity index (χ1) is 4.97. The fourth-order valence-corrected chi connectivity index (χ4v) is 0.860. The van der Waals surface area contributed by atoms with Crippen LogP contribution in [0.5, 0.6) is 0 Å². The van der Waals surface area contributed by atoms with Crippen LogP contribution in [0.4, 0.5) is 0 Å². The summed E-state index contributed by atoms with van der Waals surface area (Å²) in [5, 5.41) is 9.58. The minimum atomic E-state index is -0.0810. The topological polar surface area (TPSA) is 49.9 Å². The number of hydrogen-bond acceptors (Lipinski definition) is 3. The van der Waals surface area contributed by atoms with Crippen molar-refractivity contribution in [2.75, 3.05) is 0 Å². The molecule has 10 heavy (non-hydrogen) atoms. The van der Waals surface area contributed by atoms with Gasteiger partial charge in [-0.3, -0.25) is 5.10 Å². The monoisotopic (exact) mass is 137 g/mol. The summed E-state index contributed by atoms with van der Waals surface area (Å²) in [5.74, 6) is 0. The second kappa shape index (κ2) is 2.06. The fraction of sp³-hybridized carbons (Fsp3) is 0.167. The van der Waals surface area contributed by atoms with Crippen LogP contribution in [0, 0.1) is 0 Å². The van der Waals surface area contributed by atoms with Crippen LogP contribution in [-0.4, -0.2) is 10.2 Å². The van der Waals surface area contributed by atoms with Gasteiger partial charge in [0.15, 0.2) is 0 Å². The third-order valence-electron chi connectivity index (χ3n) is 1.34. The van der Waals surface area contributed by atoms with Gasteiger partial charge < -0.3 is 10.1 Å².